The number of hydrogen-bond acceptors (Lipinski definition) is 3. The third-order valence-electron chi connectivity index (χ3n) is 3.17. The lowest BCUT2D eigenvalue weighted by molar-refractivity contribution is -0.113. The van der Waals surface area contributed by atoms with Crippen LogP contribution in [-0.2, 0) is 4.79 Å². The van der Waals surface area contributed by atoms with Gasteiger partial charge in [-0.15, -0.1) is 0 Å². The molecular weight excluding hydrogens is 348 g/mol. The van der Waals surface area contributed by atoms with Crippen molar-refractivity contribution < 1.29 is 14.7 Å². The number of amides is 2. The molecule has 0 aromatic heterocycles. The van der Waals surface area contributed by atoms with Crippen LogP contribution >= 0.6 is 15.9 Å². The van der Waals surface area contributed by atoms with E-state index in [0.29, 0.717) is 16.8 Å². The SMILES string of the molecule is O=C1Nc2ccc(Br)cc2C(=O)NC1=Cc1ccc(O)cc1. The van der Waals surface area contributed by atoms with E-state index in [-0.39, 0.29) is 17.4 Å². The van der Waals surface area contributed by atoms with Gasteiger partial charge < -0.3 is 15.7 Å². The van der Waals surface area contributed by atoms with E-state index in [9.17, 15) is 14.7 Å². The number of phenols is 1. The van der Waals surface area contributed by atoms with Crippen molar-refractivity contribution in [3.63, 3.8) is 0 Å². The van der Waals surface area contributed by atoms with E-state index in [4.69, 9.17) is 0 Å². The van der Waals surface area contributed by atoms with Gasteiger partial charge >= 0.3 is 0 Å². The number of nitrogens with one attached hydrogen (secondary N) is 2. The van der Waals surface area contributed by atoms with Crippen LogP contribution in [0.5, 0.6) is 5.75 Å². The van der Waals surface area contributed by atoms with Crippen molar-refractivity contribution in [2.24, 2.45) is 0 Å². The molecule has 2 aromatic rings. The fraction of sp³-hybridized carbons (Fsp3) is 0. The molecule has 2 aromatic carbocycles. The molecule has 0 radical (unpaired) electrons. The van der Waals surface area contributed by atoms with Gasteiger partial charge in [0, 0.05) is 4.47 Å². The van der Waals surface area contributed by atoms with Crippen molar-refractivity contribution >= 4 is 39.5 Å². The Bertz CT molecular complexity index is 798. The molecule has 0 atom stereocenters. The molecule has 2 amide bonds. The predicted molar refractivity (Wildman–Crippen MR) is 86.3 cm³/mol. The zero-order chi connectivity index (χ0) is 15.7. The molecule has 5 nitrogen and oxygen atoms in total. The largest absolute Gasteiger partial charge is 0.508 e. The average Bonchev–Trinajstić information content (AvgIpc) is 2.60. The van der Waals surface area contributed by atoms with Gasteiger partial charge in [-0.3, -0.25) is 9.59 Å². The van der Waals surface area contributed by atoms with Crippen LogP contribution in [0.25, 0.3) is 6.08 Å². The number of anilines is 1. The molecule has 0 saturated carbocycles. The minimum absolute atomic E-state index is 0.133. The minimum atomic E-state index is -0.400. The van der Waals surface area contributed by atoms with Crippen molar-refractivity contribution in [3.05, 3.63) is 63.8 Å². The number of fused-ring (bicyclic) bond motifs is 1. The Morgan fingerprint density at radius 1 is 0.955 bits per heavy atom. The molecule has 0 unspecified atom stereocenters. The zero-order valence-electron chi connectivity index (χ0n) is 11.3. The first-order valence-corrected chi connectivity index (χ1v) is 7.25. The van der Waals surface area contributed by atoms with Crippen LogP contribution in [0.3, 0.4) is 0 Å². The van der Waals surface area contributed by atoms with Crippen LogP contribution < -0.4 is 10.6 Å². The van der Waals surface area contributed by atoms with Gasteiger partial charge in [0.2, 0.25) is 0 Å². The standard InChI is InChI=1S/C16H11BrN2O3/c17-10-3-6-13-12(8-10)15(21)19-14(16(22)18-13)7-9-1-4-11(20)5-2-9/h1-8,20H,(H,18,22)(H,19,21). The van der Waals surface area contributed by atoms with Crippen molar-refractivity contribution in [1.29, 1.82) is 0 Å². The maximum Gasteiger partial charge on any atom is 0.272 e. The summed E-state index contributed by atoms with van der Waals surface area (Å²) in [5.74, 6) is -0.629. The summed E-state index contributed by atoms with van der Waals surface area (Å²) >= 11 is 3.30. The molecule has 0 spiro atoms. The quantitative estimate of drug-likeness (QED) is 0.685. The van der Waals surface area contributed by atoms with Gasteiger partial charge in [0.1, 0.15) is 11.4 Å². The van der Waals surface area contributed by atoms with Crippen LogP contribution in [0, 0.1) is 0 Å². The van der Waals surface area contributed by atoms with E-state index in [0.717, 1.165) is 4.47 Å². The van der Waals surface area contributed by atoms with Gasteiger partial charge in [0.15, 0.2) is 0 Å². The number of aromatic hydroxyl groups is 1. The number of benzene rings is 2. The van der Waals surface area contributed by atoms with Crippen LogP contribution in [0.15, 0.2) is 52.6 Å². The summed E-state index contributed by atoms with van der Waals surface area (Å²) in [5, 5.41) is 14.6. The maximum atomic E-state index is 12.3. The highest BCUT2D eigenvalue weighted by molar-refractivity contribution is 9.10. The van der Waals surface area contributed by atoms with Crippen molar-refractivity contribution in [2.45, 2.75) is 0 Å². The first-order chi connectivity index (χ1) is 10.5. The number of halogens is 1. The van der Waals surface area contributed by atoms with Crippen LogP contribution in [0.4, 0.5) is 5.69 Å². The van der Waals surface area contributed by atoms with E-state index in [2.05, 4.69) is 26.6 Å². The van der Waals surface area contributed by atoms with E-state index in [1.54, 1.807) is 36.4 Å². The van der Waals surface area contributed by atoms with Crippen molar-refractivity contribution in [2.75, 3.05) is 5.32 Å². The molecule has 22 heavy (non-hydrogen) atoms. The molecule has 3 rings (SSSR count). The topological polar surface area (TPSA) is 78.4 Å². The first kappa shape index (κ1) is 14.3. The molecular formula is C16H11BrN2O3. The predicted octanol–water partition coefficient (Wildman–Crippen LogP) is 2.88. The molecule has 1 aliphatic rings. The van der Waals surface area contributed by atoms with E-state index in [1.165, 1.54) is 12.1 Å². The molecule has 0 saturated heterocycles. The molecule has 3 N–H and O–H groups in total. The number of phenolic OH excluding ortho intramolecular Hbond substituents is 1. The van der Waals surface area contributed by atoms with Crippen LogP contribution in [0.1, 0.15) is 15.9 Å². The number of carbonyl (C=O) groups excluding carboxylic acids is 2. The highest BCUT2D eigenvalue weighted by Crippen LogP contribution is 2.24. The second kappa shape index (κ2) is 5.65. The molecule has 6 heteroatoms. The summed E-state index contributed by atoms with van der Waals surface area (Å²) in [6.45, 7) is 0. The van der Waals surface area contributed by atoms with E-state index < -0.39 is 5.91 Å². The first-order valence-electron chi connectivity index (χ1n) is 6.46. The average molecular weight is 359 g/mol. The second-order valence-corrected chi connectivity index (χ2v) is 5.66. The Morgan fingerprint density at radius 2 is 1.68 bits per heavy atom. The Balaban J connectivity index is 1.98. The van der Waals surface area contributed by atoms with Crippen LogP contribution in [0.2, 0.25) is 0 Å². The van der Waals surface area contributed by atoms with Gasteiger partial charge in [-0.1, -0.05) is 28.1 Å². The summed E-state index contributed by atoms with van der Waals surface area (Å²) in [7, 11) is 0. The van der Waals surface area contributed by atoms with Gasteiger partial charge in [0.05, 0.1) is 11.3 Å². The highest BCUT2D eigenvalue weighted by Gasteiger charge is 2.23. The van der Waals surface area contributed by atoms with E-state index in [1.807, 2.05) is 0 Å². The van der Waals surface area contributed by atoms with Crippen LogP contribution in [-0.4, -0.2) is 16.9 Å². The van der Waals surface area contributed by atoms with Gasteiger partial charge in [-0.05, 0) is 42.0 Å². The summed E-state index contributed by atoms with van der Waals surface area (Å²) < 4.78 is 0.751. The number of carbonyl (C=O) groups is 2. The Hall–Kier alpha value is -2.60. The lowest BCUT2D eigenvalue weighted by Gasteiger charge is -2.04. The fourth-order valence-corrected chi connectivity index (χ4v) is 2.45. The molecule has 1 aliphatic heterocycles. The molecule has 110 valence electrons. The minimum Gasteiger partial charge on any atom is -0.508 e. The van der Waals surface area contributed by atoms with E-state index >= 15 is 0 Å². The normalized spacial score (nSPS) is 15.8. The summed E-state index contributed by atoms with van der Waals surface area (Å²) in [5.41, 5.74) is 1.68. The van der Waals surface area contributed by atoms with Crippen molar-refractivity contribution in [3.8, 4) is 5.75 Å². The van der Waals surface area contributed by atoms with Gasteiger partial charge in [-0.25, -0.2) is 0 Å². The molecule has 0 bridgehead atoms. The lowest BCUT2D eigenvalue weighted by Crippen LogP contribution is -2.26. The third-order valence-corrected chi connectivity index (χ3v) is 3.66. The molecule has 0 fully saturated rings. The Kier molecular flexibility index (Phi) is 3.68. The third kappa shape index (κ3) is 2.87. The number of rotatable bonds is 1. The lowest BCUT2D eigenvalue weighted by atomic mass is 10.1. The molecule has 0 aliphatic carbocycles. The zero-order valence-corrected chi connectivity index (χ0v) is 12.8. The highest BCUT2D eigenvalue weighted by atomic mass is 79.9. The Morgan fingerprint density at radius 3 is 2.41 bits per heavy atom. The summed E-state index contributed by atoms with van der Waals surface area (Å²) in [6, 6.07) is 11.4. The van der Waals surface area contributed by atoms with Crippen molar-refractivity contribution in [1.82, 2.24) is 5.32 Å². The summed E-state index contributed by atoms with van der Waals surface area (Å²) in [6.07, 6.45) is 1.55. The van der Waals surface area contributed by atoms with Gasteiger partial charge in [-0.2, -0.15) is 0 Å². The fourth-order valence-electron chi connectivity index (χ4n) is 2.09. The van der Waals surface area contributed by atoms with Gasteiger partial charge in [0.25, 0.3) is 11.8 Å². The maximum absolute atomic E-state index is 12.3. The molecule has 1 heterocycles. The monoisotopic (exact) mass is 358 g/mol. The summed E-state index contributed by atoms with van der Waals surface area (Å²) in [4.78, 5) is 24.5. The second-order valence-electron chi connectivity index (χ2n) is 4.75. The Labute approximate surface area is 134 Å². The smallest absolute Gasteiger partial charge is 0.272 e. The number of hydrogen-bond donors (Lipinski definition) is 3.